The van der Waals surface area contributed by atoms with E-state index in [2.05, 4.69) is 24.2 Å². The van der Waals surface area contributed by atoms with Gasteiger partial charge in [-0.15, -0.1) is 0 Å². The number of hydrogen-bond donors (Lipinski definition) is 1. The standard InChI is InChI=1S/C16H30N2O/c1-3-17-16(12-5-4-8-19-11-12)13-9-14-6-7-15(10-13)18(14)2/h12-17H,3-11H2,1-2H3. The van der Waals surface area contributed by atoms with Gasteiger partial charge in [-0.3, -0.25) is 0 Å². The molecular formula is C16H30N2O. The van der Waals surface area contributed by atoms with E-state index in [4.69, 9.17) is 4.74 Å². The first-order valence-electron chi connectivity index (χ1n) is 8.32. The molecular weight excluding hydrogens is 236 g/mol. The number of rotatable bonds is 4. The summed E-state index contributed by atoms with van der Waals surface area (Å²) in [5, 5.41) is 3.81. The Balaban J connectivity index is 1.66. The van der Waals surface area contributed by atoms with Crippen LogP contribution in [-0.2, 0) is 4.74 Å². The van der Waals surface area contributed by atoms with Gasteiger partial charge < -0.3 is 15.0 Å². The van der Waals surface area contributed by atoms with Crippen LogP contribution in [0.2, 0.25) is 0 Å². The molecule has 3 heterocycles. The number of fused-ring (bicyclic) bond motifs is 2. The van der Waals surface area contributed by atoms with Crippen molar-refractivity contribution in [2.75, 3.05) is 26.8 Å². The van der Waals surface area contributed by atoms with Crippen LogP contribution in [0, 0.1) is 11.8 Å². The molecule has 0 radical (unpaired) electrons. The summed E-state index contributed by atoms with van der Waals surface area (Å²) in [6, 6.07) is 2.41. The molecule has 1 N–H and O–H groups in total. The van der Waals surface area contributed by atoms with Gasteiger partial charge in [0.2, 0.25) is 0 Å². The lowest BCUT2D eigenvalue weighted by molar-refractivity contribution is 0.0139. The Morgan fingerprint density at radius 2 is 1.89 bits per heavy atom. The van der Waals surface area contributed by atoms with Crippen molar-refractivity contribution < 1.29 is 4.74 Å². The van der Waals surface area contributed by atoms with Crippen LogP contribution in [0.15, 0.2) is 0 Å². The molecule has 3 saturated heterocycles. The summed E-state index contributed by atoms with van der Waals surface area (Å²) in [5.41, 5.74) is 0. The number of nitrogens with one attached hydrogen (secondary N) is 1. The van der Waals surface area contributed by atoms with Crippen LogP contribution >= 0.6 is 0 Å². The van der Waals surface area contributed by atoms with Crippen LogP contribution in [0.4, 0.5) is 0 Å². The molecule has 3 nitrogen and oxygen atoms in total. The smallest absolute Gasteiger partial charge is 0.0509 e. The van der Waals surface area contributed by atoms with Gasteiger partial charge in [0.1, 0.15) is 0 Å². The van der Waals surface area contributed by atoms with Crippen molar-refractivity contribution in [1.82, 2.24) is 10.2 Å². The van der Waals surface area contributed by atoms with Crippen LogP contribution in [0.1, 0.15) is 45.4 Å². The predicted octanol–water partition coefficient (Wildman–Crippen LogP) is 2.26. The summed E-state index contributed by atoms with van der Waals surface area (Å²) in [4.78, 5) is 2.65. The molecule has 0 aromatic rings. The summed E-state index contributed by atoms with van der Waals surface area (Å²) in [7, 11) is 2.34. The lowest BCUT2D eigenvalue weighted by Gasteiger charge is -2.43. The maximum absolute atomic E-state index is 5.74. The quantitative estimate of drug-likeness (QED) is 0.845. The Bertz CT molecular complexity index is 276. The minimum atomic E-state index is 0.696. The summed E-state index contributed by atoms with van der Waals surface area (Å²) < 4.78 is 5.74. The van der Waals surface area contributed by atoms with Crippen molar-refractivity contribution in [2.45, 2.75) is 63.6 Å². The summed E-state index contributed by atoms with van der Waals surface area (Å²) in [6.45, 7) is 5.32. The molecule has 2 bridgehead atoms. The number of nitrogens with zero attached hydrogens (tertiary/aromatic N) is 1. The molecule has 3 aliphatic rings. The van der Waals surface area contributed by atoms with Crippen LogP contribution in [0.5, 0.6) is 0 Å². The average Bonchev–Trinajstić information content (AvgIpc) is 2.67. The van der Waals surface area contributed by atoms with E-state index in [-0.39, 0.29) is 0 Å². The van der Waals surface area contributed by atoms with E-state index >= 15 is 0 Å². The first kappa shape index (κ1) is 13.8. The van der Waals surface area contributed by atoms with Gasteiger partial charge in [0, 0.05) is 24.7 Å². The van der Waals surface area contributed by atoms with Crippen molar-refractivity contribution >= 4 is 0 Å². The van der Waals surface area contributed by atoms with Gasteiger partial charge in [-0.05, 0) is 64.0 Å². The number of hydrogen-bond acceptors (Lipinski definition) is 3. The topological polar surface area (TPSA) is 24.5 Å². The zero-order chi connectivity index (χ0) is 13.2. The molecule has 3 aliphatic heterocycles. The molecule has 3 rings (SSSR count). The lowest BCUT2D eigenvalue weighted by Crippen LogP contribution is -2.51. The number of piperidine rings is 1. The first-order valence-corrected chi connectivity index (χ1v) is 8.32. The zero-order valence-electron chi connectivity index (χ0n) is 12.6. The van der Waals surface area contributed by atoms with Gasteiger partial charge in [0.15, 0.2) is 0 Å². The molecule has 0 amide bonds. The maximum atomic E-state index is 5.74. The van der Waals surface area contributed by atoms with Crippen molar-refractivity contribution in [3.8, 4) is 0 Å². The fourth-order valence-corrected chi connectivity index (χ4v) is 4.75. The molecule has 3 heteroatoms. The van der Waals surface area contributed by atoms with Gasteiger partial charge in [-0.25, -0.2) is 0 Å². The summed E-state index contributed by atoms with van der Waals surface area (Å²) in [5.74, 6) is 1.63. The fraction of sp³-hybridized carbons (Fsp3) is 1.00. The third-order valence-electron chi connectivity index (χ3n) is 5.79. The molecule has 0 aromatic heterocycles. The van der Waals surface area contributed by atoms with Crippen LogP contribution in [0.25, 0.3) is 0 Å². The van der Waals surface area contributed by atoms with Crippen molar-refractivity contribution in [3.05, 3.63) is 0 Å². The number of ether oxygens (including phenoxy) is 1. The van der Waals surface area contributed by atoms with Crippen LogP contribution in [0.3, 0.4) is 0 Å². The second-order valence-electron chi connectivity index (χ2n) is 6.84. The highest BCUT2D eigenvalue weighted by atomic mass is 16.5. The minimum absolute atomic E-state index is 0.696. The van der Waals surface area contributed by atoms with E-state index in [0.29, 0.717) is 6.04 Å². The Labute approximate surface area is 118 Å². The van der Waals surface area contributed by atoms with E-state index in [1.807, 2.05) is 0 Å². The molecule has 0 saturated carbocycles. The minimum Gasteiger partial charge on any atom is -0.381 e. The third kappa shape index (κ3) is 2.84. The van der Waals surface area contributed by atoms with Crippen molar-refractivity contribution in [1.29, 1.82) is 0 Å². The molecule has 0 spiro atoms. The molecule has 4 atom stereocenters. The van der Waals surface area contributed by atoms with E-state index in [1.165, 1.54) is 38.5 Å². The predicted molar refractivity (Wildman–Crippen MR) is 78.3 cm³/mol. The Hall–Kier alpha value is -0.120. The SMILES string of the molecule is CCNC(C1CCCOC1)C1CC2CCC(C1)N2C. The van der Waals surface area contributed by atoms with Crippen LogP contribution in [-0.4, -0.2) is 49.8 Å². The van der Waals surface area contributed by atoms with E-state index < -0.39 is 0 Å². The molecule has 19 heavy (non-hydrogen) atoms. The highest BCUT2D eigenvalue weighted by Gasteiger charge is 2.42. The first-order chi connectivity index (χ1) is 9.29. The van der Waals surface area contributed by atoms with E-state index in [1.54, 1.807) is 0 Å². The summed E-state index contributed by atoms with van der Waals surface area (Å²) >= 11 is 0. The maximum Gasteiger partial charge on any atom is 0.0509 e. The van der Waals surface area contributed by atoms with Gasteiger partial charge in [-0.1, -0.05) is 6.92 Å². The highest BCUT2D eigenvalue weighted by Crippen LogP contribution is 2.40. The molecule has 0 aliphatic carbocycles. The molecule has 4 unspecified atom stereocenters. The molecule has 3 fully saturated rings. The third-order valence-corrected chi connectivity index (χ3v) is 5.79. The monoisotopic (exact) mass is 266 g/mol. The van der Waals surface area contributed by atoms with Crippen molar-refractivity contribution in [3.63, 3.8) is 0 Å². The Morgan fingerprint density at radius 3 is 2.47 bits per heavy atom. The largest absolute Gasteiger partial charge is 0.381 e. The fourth-order valence-electron chi connectivity index (χ4n) is 4.75. The van der Waals surface area contributed by atoms with Gasteiger partial charge in [0.05, 0.1) is 6.61 Å². The summed E-state index contributed by atoms with van der Waals surface area (Å²) in [6.07, 6.45) is 8.28. The lowest BCUT2D eigenvalue weighted by atomic mass is 9.77. The van der Waals surface area contributed by atoms with Gasteiger partial charge in [0.25, 0.3) is 0 Å². The highest BCUT2D eigenvalue weighted by molar-refractivity contribution is 4.98. The average molecular weight is 266 g/mol. The molecule has 110 valence electrons. The zero-order valence-corrected chi connectivity index (χ0v) is 12.6. The Morgan fingerprint density at radius 1 is 1.16 bits per heavy atom. The van der Waals surface area contributed by atoms with Crippen LogP contribution < -0.4 is 5.32 Å². The van der Waals surface area contributed by atoms with Crippen molar-refractivity contribution in [2.24, 2.45) is 11.8 Å². The van der Waals surface area contributed by atoms with Gasteiger partial charge in [-0.2, -0.15) is 0 Å². The van der Waals surface area contributed by atoms with E-state index in [0.717, 1.165) is 43.7 Å². The normalized spacial score (nSPS) is 41.4. The Kier molecular flexibility index (Phi) is 4.45. The second kappa shape index (κ2) is 6.11. The van der Waals surface area contributed by atoms with Gasteiger partial charge >= 0.3 is 0 Å². The second-order valence-corrected chi connectivity index (χ2v) is 6.84. The van der Waals surface area contributed by atoms with E-state index in [9.17, 15) is 0 Å². The molecule has 0 aromatic carbocycles.